The lowest BCUT2D eigenvalue weighted by molar-refractivity contribution is 0.246. The predicted molar refractivity (Wildman–Crippen MR) is 78.3 cm³/mol. The van der Waals surface area contributed by atoms with Gasteiger partial charge in [-0.1, -0.05) is 11.6 Å². The molecule has 1 fully saturated rings. The van der Waals surface area contributed by atoms with Crippen molar-refractivity contribution < 1.29 is 13.5 Å². The maximum atomic E-state index is 12.6. The van der Waals surface area contributed by atoms with Gasteiger partial charge < -0.3 is 10.4 Å². The van der Waals surface area contributed by atoms with Gasteiger partial charge in [-0.05, 0) is 43.7 Å². The van der Waals surface area contributed by atoms with Gasteiger partial charge in [-0.15, -0.1) is 0 Å². The summed E-state index contributed by atoms with van der Waals surface area (Å²) in [6, 6.07) is 6.25. The number of aliphatic hydroxyl groups is 1. The van der Waals surface area contributed by atoms with Crippen molar-refractivity contribution >= 4 is 21.6 Å². The van der Waals surface area contributed by atoms with Crippen LogP contribution in [0.1, 0.15) is 12.8 Å². The fraction of sp³-hybridized carbons (Fsp3) is 0.538. The van der Waals surface area contributed by atoms with Crippen LogP contribution in [0.15, 0.2) is 29.2 Å². The molecule has 5 nitrogen and oxygen atoms in total. The second kappa shape index (κ2) is 6.87. The van der Waals surface area contributed by atoms with E-state index >= 15 is 0 Å². The number of aliphatic hydroxyl groups excluding tert-OH is 1. The maximum Gasteiger partial charge on any atom is 0.243 e. The van der Waals surface area contributed by atoms with E-state index in [1.54, 1.807) is 12.1 Å². The lowest BCUT2D eigenvalue weighted by Gasteiger charge is -2.24. The molecule has 0 bridgehead atoms. The monoisotopic (exact) mass is 318 g/mol. The molecule has 0 saturated carbocycles. The average molecular weight is 319 g/mol. The van der Waals surface area contributed by atoms with Crippen molar-refractivity contribution in [1.82, 2.24) is 9.62 Å². The van der Waals surface area contributed by atoms with E-state index in [0.717, 1.165) is 19.4 Å². The van der Waals surface area contributed by atoms with Crippen LogP contribution >= 0.6 is 11.6 Å². The van der Waals surface area contributed by atoms with Crippen molar-refractivity contribution in [3.05, 3.63) is 29.3 Å². The van der Waals surface area contributed by atoms with Crippen LogP contribution in [-0.2, 0) is 10.0 Å². The van der Waals surface area contributed by atoms with E-state index in [9.17, 15) is 8.42 Å². The lowest BCUT2D eigenvalue weighted by atomic mass is 10.2. The number of nitrogens with one attached hydrogen (secondary N) is 1. The number of sulfonamides is 1. The van der Waals surface area contributed by atoms with Crippen molar-refractivity contribution in [1.29, 1.82) is 0 Å². The third kappa shape index (κ3) is 3.71. The molecule has 1 atom stereocenters. The summed E-state index contributed by atoms with van der Waals surface area (Å²) in [5.74, 6) is 0. The number of benzene rings is 1. The Labute approximate surface area is 124 Å². The standard InChI is InChI=1S/C13H19ClN2O3S/c14-11-3-5-13(6-4-11)20(18,19)16(8-9-17)10-12-2-1-7-15-12/h3-6,12,15,17H,1-2,7-10H2. The van der Waals surface area contributed by atoms with E-state index in [0.29, 0.717) is 11.6 Å². The van der Waals surface area contributed by atoms with Crippen LogP contribution in [-0.4, -0.2) is 50.1 Å². The van der Waals surface area contributed by atoms with Crippen molar-refractivity contribution in [2.24, 2.45) is 0 Å². The van der Waals surface area contributed by atoms with Crippen LogP contribution in [0.3, 0.4) is 0 Å². The van der Waals surface area contributed by atoms with Crippen LogP contribution in [0.5, 0.6) is 0 Å². The van der Waals surface area contributed by atoms with E-state index in [1.807, 2.05) is 0 Å². The second-order valence-electron chi connectivity index (χ2n) is 4.83. The molecule has 2 N–H and O–H groups in total. The van der Waals surface area contributed by atoms with Crippen LogP contribution in [0.2, 0.25) is 5.02 Å². The lowest BCUT2D eigenvalue weighted by Crippen LogP contribution is -2.42. The molecular formula is C13H19ClN2O3S. The van der Waals surface area contributed by atoms with Crippen molar-refractivity contribution in [3.63, 3.8) is 0 Å². The van der Waals surface area contributed by atoms with Crippen molar-refractivity contribution in [3.8, 4) is 0 Å². The van der Waals surface area contributed by atoms with Gasteiger partial charge in [-0.3, -0.25) is 0 Å². The number of rotatable bonds is 6. The third-order valence-electron chi connectivity index (χ3n) is 3.39. The first-order chi connectivity index (χ1) is 9.54. The first-order valence-electron chi connectivity index (χ1n) is 6.64. The summed E-state index contributed by atoms with van der Waals surface area (Å²) in [7, 11) is -3.59. The molecule has 1 aliphatic heterocycles. The number of halogens is 1. The Hall–Kier alpha value is -0.660. The second-order valence-corrected chi connectivity index (χ2v) is 7.21. The van der Waals surface area contributed by atoms with E-state index < -0.39 is 10.0 Å². The predicted octanol–water partition coefficient (Wildman–Crippen LogP) is 1.07. The molecule has 0 radical (unpaired) electrons. The molecular weight excluding hydrogens is 300 g/mol. The van der Waals surface area contributed by atoms with Gasteiger partial charge in [0.15, 0.2) is 0 Å². The van der Waals surface area contributed by atoms with Crippen LogP contribution in [0, 0.1) is 0 Å². The van der Waals surface area contributed by atoms with Gasteiger partial charge in [0, 0.05) is 24.2 Å². The summed E-state index contributed by atoms with van der Waals surface area (Å²) >= 11 is 5.78. The average Bonchev–Trinajstić information content (AvgIpc) is 2.92. The summed E-state index contributed by atoms with van der Waals surface area (Å²) in [6.07, 6.45) is 2.01. The summed E-state index contributed by atoms with van der Waals surface area (Å²) in [6.45, 7) is 1.20. The summed E-state index contributed by atoms with van der Waals surface area (Å²) in [5, 5.41) is 12.9. The molecule has 20 heavy (non-hydrogen) atoms. The highest BCUT2D eigenvalue weighted by Crippen LogP contribution is 2.19. The zero-order valence-corrected chi connectivity index (χ0v) is 12.7. The summed E-state index contributed by atoms with van der Waals surface area (Å²) in [4.78, 5) is 0.202. The van der Waals surface area contributed by atoms with Crippen LogP contribution < -0.4 is 5.32 Å². The van der Waals surface area contributed by atoms with Crippen molar-refractivity contribution in [2.45, 2.75) is 23.8 Å². The number of hydrogen-bond acceptors (Lipinski definition) is 4. The van der Waals surface area contributed by atoms with Gasteiger partial charge in [0.2, 0.25) is 10.0 Å². The van der Waals surface area contributed by atoms with Crippen LogP contribution in [0.25, 0.3) is 0 Å². The van der Waals surface area contributed by atoms with Gasteiger partial charge in [-0.2, -0.15) is 4.31 Å². The Morgan fingerprint density at radius 1 is 1.35 bits per heavy atom. The largest absolute Gasteiger partial charge is 0.395 e. The van der Waals surface area contributed by atoms with Crippen molar-refractivity contribution in [2.75, 3.05) is 26.2 Å². The van der Waals surface area contributed by atoms with E-state index in [1.165, 1.54) is 16.4 Å². The van der Waals surface area contributed by atoms with Gasteiger partial charge in [-0.25, -0.2) is 8.42 Å². The maximum absolute atomic E-state index is 12.6. The molecule has 7 heteroatoms. The smallest absolute Gasteiger partial charge is 0.243 e. The molecule has 0 amide bonds. The molecule has 1 heterocycles. The van der Waals surface area contributed by atoms with E-state index in [-0.39, 0.29) is 24.1 Å². The highest BCUT2D eigenvalue weighted by atomic mass is 35.5. The topological polar surface area (TPSA) is 69.6 Å². The molecule has 1 aromatic rings. The fourth-order valence-corrected chi connectivity index (χ4v) is 3.94. The minimum absolute atomic E-state index is 0.100. The van der Waals surface area contributed by atoms with Gasteiger partial charge >= 0.3 is 0 Å². The molecule has 0 spiro atoms. The van der Waals surface area contributed by atoms with Crippen LogP contribution in [0.4, 0.5) is 0 Å². The van der Waals surface area contributed by atoms with Gasteiger partial charge in [0.25, 0.3) is 0 Å². The Morgan fingerprint density at radius 2 is 2.05 bits per heavy atom. The number of nitrogens with zero attached hydrogens (tertiary/aromatic N) is 1. The zero-order chi connectivity index (χ0) is 14.6. The van der Waals surface area contributed by atoms with Gasteiger partial charge in [0.05, 0.1) is 11.5 Å². The van der Waals surface area contributed by atoms with E-state index in [4.69, 9.17) is 16.7 Å². The Bertz CT molecular complexity index is 527. The molecule has 0 aliphatic carbocycles. The first kappa shape index (κ1) is 15.7. The first-order valence-corrected chi connectivity index (χ1v) is 8.46. The molecule has 1 saturated heterocycles. The van der Waals surface area contributed by atoms with E-state index in [2.05, 4.69) is 5.32 Å². The normalized spacial score (nSPS) is 19.6. The Kier molecular flexibility index (Phi) is 5.40. The third-order valence-corrected chi connectivity index (χ3v) is 5.52. The molecule has 1 aromatic carbocycles. The molecule has 112 valence electrons. The SMILES string of the molecule is O=S(=O)(c1ccc(Cl)cc1)N(CCO)CC1CCCN1. The fourth-order valence-electron chi connectivity index (χ4n) is 2.34. The molecule has 2 rings (SSSR count). The minimum Gasteiger partial charge on any atom is -0.395 e. The molecule has 1 unspecified atom stereocenters. The highest BCUT2D eigenvalue weighted by Gasteiger charge is 2.27. The molecule has 1 aliphatic rings. The quantitative estimate of drug-likeness (QED) is 0.823. The Morgan fingerprint density at radius 3 is 2.60 bits per heavy atom. The number of hydrogen-bond donors (Lipinski definition) is 2. The highest BCUT2D eigenvalue weighted by molar-refractivity contribution is 7.89. The Balaban J connectivity index is 2.19. The zero-order valence-electron chi connectivity index (χ0n) is 11.1. The summed E-state index contributed by atoms with van der Waals surface area (Å²) in [5.41, 5.74) is 0. The van der Waals surface area contributed by atoms with Gasteiger partial charge in [0.1, 0.15) is 0 Å². The molecule has 0 aromatic heterocycles. The summed E-state index contributed by atoms with van der Waals surface area (Å²) < 4.78 is 26.5. The minimum atomic E-state index is -3.59.